The number of furan rings is 1. The molecule has 2 aliphatic heterocycles. The van der Waals surface area contributed by atoms with Crippen LogP contribution in [0.5, 0.6) is 0 Å². The van der Waals surface area contributed by atoms with Crippen molar-refractivity contribution < 1.29 is 18.7 Å². The second kappa shape index (κ2) is 5.52. The van der Waals surface area contributed by atoms with Gasteiger partial charge in [-0.25, -0.2) is 4.79 Å². The molecular weight excluding hydrogens is 272 g/mol. The quantitative estimate of drug-likeness (QED) is 0.610. The van der Waals surface area contributed by atoms with Crippen LogP contribution in [0.4, 0.5) is 0 Å². The number of nitrogens with zero attached hydrogens (tertiary/aromatic N) is 2. The molecule has 0 aliphatic carbocycles. The van der Waals surface area contributed by atoms with Crippen molar-refractivity contribution in [3.8, 4) is 0 Å². The Bertz CT molecular complexity index is 554. The minimum atomic E-state index is -0.407. The second-order valence-electron chi connectivity index (χ2n) is 5.67. The molecule has 6 heteroatoms. The topological polar surface area (TPSA) is 62.8 Å². The minimum absolute atomic E-state index is 0.0335. The lowest BCUT2D eigenvalue weighted by Crippen LogP contribution is -2.43. The van der Waals surface area contributed by atoms with Crippen LogP contribution in [0.25, 0.3) is 0 Å². The minimum Gasteiger partial charge on any atom is -0.467 e. The highest BCUT2D eigenvalue weighted by molar-refractivity contribution is 5.90. The Labute approximate surface area is 123 Å². The maximum Gasteiger partial charge on any atom is 0.328 e. The van der Waals surface area contributed by atoms with Crippen molar-refractivity contribution in [2.75, 3.05) is 20.2 Å². The summed E-state index contributed by atoms with van der Waals surface area (Å²) < 4.78 is 10.3. The number of ether oxygens (including phenoxy) is 1. The lowest BCUT2D eigenvalue weighted by molar-refractivity contribution is -0.151. The first-order valence-corrected chi connectivity index (χ1v) is 7.28. The van der Waals surface area contributed by atoms with Crippen molar-refractivity contribution in [2.24, 2.45) is 0 Å². The molecule has 1 aromatic heterocycles. The maximum atomic E-state index is 12.5. The van der Waals surface area contributed by atoms with E-state index in [-0.39, 0.29) is 17.9 Å². The zero-order valence-corrected chi connectivity index (χ0v) is 12.4. The first-order valence-electron chi connectivity index (χ1n) is 7.28. The molecule has 3 atom stereocenters. The molecule has 2 fully saturated rings. The number of esters is 1. The van der Waals surface area contributed by atoms with Gasteiger partial charge in [0.15, 0.2) is 0 Å². The van der Waals surface area contributed by atoms with Gasteiger partial charge in [0.05, 0.1) is 13.7 Å². The van der Waals surface area contributed by atoms with Gasteiger partial charge in [0.1, 0.15) is 23.6 Å². The van der Waals surface area contributed by atoms with Crippen LogP contribution in [0.15, 0.2) is 16.5 Å². The Morgan fingerprint density at radius 2 is 2.19 bits per heavy atom. The van der Waals surface area contributed by atoms with E-state index in [2.05, 4.69) is 0 Å². The van der Waals surface area contributed by atoms with Crippen LogP contribution in [0.1, 0.15) is 24.4 Å². The number of methoxy groups -OCH3 is 1. The van der Waals surface area contributed by atoms with Gasteiger partial charge in [0, 0.05) is 13.1 Å². The summed E-state index contributed by atoms with van der Waals surface area (Å²) in [4.78, 5) is 27.9. The van der Waals surface area contributed by atoms with Gasteiger partial charge in [-0.05, 0) is 31.9 Å². The Morgan fingerprint density at radius 3 is 2.86 bits per heavy atom. The Morgan fingerprint density at radius 1 is 1.38 bits per heavy atom. The number of amides is 1. The van der Waals surface area contributed by atoms with Gasteiger partial charge in [-0.1, -0.05) is 0 Å². The second-order valence-corrected chi connectivity index (χ2v) is 5.67. The molecule has 0 saturated carbocycles. The maximum absolute atomic E-state index is 12.5. The summed E-state index contributed by atoms with van der Waals surface area (Å²) in [5, 5.41) is 0. The average Bonchev–Trinajstić information content (AvgIpc) is 2.87. The van der Waals surface area contributed by atoms with Crippen molar-refractivity contribution >= 4 is 11.9 Å². The molecule has 1 aromatic rings. The molecule has 1 amide bonds. The Kier molecular flexibility index (Phi) is 3.71. The number of carbonyl (C=O) groups excluding carboxylic acids is 2. The molecule has 0 spiro atoms. The third-order valence-corrected chi connectivity index (χ3v) is 4.16. The third kappa shape index (κ3) is 2.81. The van der Waals surface area contributed by atoms with Gasteiger partial charge in [-0.15, -0.1) is 0 Å². The first-order chi connectivity index (χ1) is 10.1. The van der Waals surface area contributed by atoms with Crippen molar-refractivity contribution in [1.82, 2.24) is 9.80 Å². The van der Waals surface area contributed by atoms with Gasteiger partial charge in [0.25, 0.3) is 0 Å². The fraction of sp³-hybridized carbons (Fsp3) is 0.600. The van der Waals surface area contributed by atoms with Crippen LogP contribution in [0.3, 0.4) is 0 Å². The van der Waals surface area contributed by atoms with Crippen LogP contribution in [-0.2, 0) is 20.9 Å². The smallest absolute Gasteiger partial charge is 0.328 e. The molecule has 0 bridgehead atoms. The lowest BCUT2D eigenvalue weighted by Gasteiger charge is -2.22. The van der Waals surface area contributed by atoms with Crippen molar-refractivity contribution in [2.45, 2.75) is 38.4 Å². The Balaban J connectivity index is 1.58. The SMILES string of the molecule is COC(=O)C1CCCN1C(=O)C1CN1Cc1ccc(C)o1. The lowest BCUT2D eigenvalue weighted by atomic mass is 10.2. The number of hydrogen-bond acceptors (Lipinski definition) is 5. The van der Waals surface area contributed by atoms with E-state index in [4.69, 9.17) is 9.15 Å². The number of rotatable bonds is 4. The van der Waals surface area contributed by atoms with Crippen LogP contribution < -0.4 is 0 Å². The molecule has 3 heterocycles. The molecular formula is C15H20N2O4. The largest absolute Gasteiger partial charge is 0.467 e. The van der Waals surface area contributed by atoms with Crippen LogP contribution in [0.2, 0.25) is 0 Å². The van der Waals surface area contributed by atoms with E-state index in [9.17, 15) is 9.59 Å². The standard InChI is InChI=1S/C15H20N2O4/c1-10-5-6-11(21-10)8-16-9-13(16)14(18)17-7-3-4-12(17)15(19)20-2/h5-6,12-13H,3-4,7-9H2,1-2H3. The van der Waals surface area contributed by atoms with E-state index < -0.39 is 6.04 Å². The summed E-state index contributed by atoms with van der Waals surface area (Å²) in [6.45, 7) is 3.91. The summed E-state index contributed by atoms with van der Waals surface area (Å²) in [5.74, 6) is 1.47. The molecule has 0 N–H and O–H groups in total. The number of likely N-dealkylation sites (tertiary alicyclic amines) is 1. The zero-order chi connectivity index (χ0) is 15.0. The van der Waals surface area contributed by atoms with E-state index >= 15 is 0 Å². The van der Waals surface area contributed by atoms with Gasteiger partial charge in [-0.3, -0.25) is 9.69 Å². The number of carbonyl (C=O) groups is 2. The highest BCUT2D eigenvalue weighted by atomic mass is 16.5. The summed E-state index contributed by atoms with van der Waals surface area (Å²) in [7, 11) is 1.37. The van der Waals surface area contributed by atoms with E-state index in [0.29, 0.717) is 19.5 Å². The predicted molar refractivity (Wildman–Crippen MR) is 74.4 cm³/mol. The van der Waals surface area contributed by atoms with E-state index in [1.54, 1.807) is 4.90 Å². The molecule has 3 rings (SSSR count). The van der Waals surface area contributed by atoms with Crippen LogP contribution >= 0.6 is 0 Å². The molecule has 114 valence electrons. The van der Waals surface area contributed by atoms with Gasteiger partial charge >= 0.3 is 5.97 Å². The summed E-state index contributed by atoms with van der Waals surface area (Å²) in [6.07, 6.45) is 1.55. The van der Waals surface area contributed by atoms with Crippen LogP contribution in [0, 0.1) is 6.92 Å². The fourth-order valence-electron chi connectivity index (χ4n) is 2.96. The third-order valence-electron chi connectivity index (χ3n) is 4.16. The van der Waals surface area contributed by atoms with Gasteiger partial charge < -0.3 is 14.1 Å². The van der Waals surface area contributed by atoms with Gasteiger partial charge in [0.2, 0.25) is 5.91 Å². The van der Waals surface area contributed by atoms with Crippen molar-refractivity contribution in [3.63, 3.8) is 0 Å². The fourth-order valence-corrected chi connectivity index (χ4v) is 2.96. The highest BCUT2D eigenvalue weighted by Gasteiger charge is 2.46. The van der Waals surface area contributed by atoms with E-state index in [0.717, 1.165) is 24.5 Å². The number of aryl methyl sites for hydroxylation is 1. The van der Waals surface area contributed by atoms with Crippen molar-refractivity contribution in [1.29, 1.82) is 0 Å². The predicted octanol–water partition coefficient (Wildman–Crippen LogP) is 0.936. The first kappa shape index (κ1) is 14.1. The average molecular weight is 292 g/mol. The highest BCUT2D eigenvalue weighted by Crippen LogP contribution is 2.28. The van der Waals surface area contributed by atoms with E-state index in [1.807, 2.05) is 24.0 Å². The zero-order valence-electron chi connectivity index (χ0n) is 12.4. The summed E-state index contributed by atoms with van der Waals surface area (Å²) >= 11 is 0. The molecule has 2 saturated heterocycles. The normalized spacial score (nSPS) is 27.7. The molecule has 3 unspecified atom stereocenters. The van der Waals surface area contributed by atoms with E-state index in [1.165, 1.54) is 7.11 Å². The van der Waals surface area contributed by atoms with Gasteiger partial charge in [-0.2, -0.15) is 0 Å². The molecule has 0 radical (unpaired) electrons. The number of hydrogen-bond donors (Lipinski definition) is 0. The Hall–Kier alpha value is -1.82. The molecule has 21 heavy (non-hydrogen) atoms. The molecule has 0 aromatic carbocycles. The van der Waals surface area contributed by atoms with Crippen LogP contribution in [-0.4, -0.2) is 54.0 Å². The summed E-state index contributed by atoms with van der Waals surface area (Å²) in [6, 6.07) is 3.32. The molecule has 2 aliphatic rings. The monoisotopic (exact) mass is 292 g/mol. The molecule has 6 nitrogen and oxygen atoms in total. The summed E-state index contributed by atoms with van der Waals surface area (Å²) in [5.41, 5.74) is 0. The van der Waals surface area contributed by atoms with Crippen molar-refractivity contribution in [3.05, 3.63) is 23.7 Å².